The quantitative estimate of drug-likeness (QED) is 0.218. The standard InChI is InChI=1S/C23H39O3P/c1-3-4-5-6-7-8-9-10-11-12-14-17-22(21(2)24)20-26-27(25)23-18-15-13-16-19-23/h13,15-16,18-19,22,27H,3-12,14,17,20H2,1-2H3. The Kier molecular flexibility index (Phi) is 14.4. The van der Waals surface area contributed by atoms with Gasteiger partial charge >= 0.3 is 0 Å². The van der Waals surface area contributed by atoms with Crippen LogP contribution in [-0.2, 0) is 13.9 Å². The molecular weight excluding hydrogens is 355 g/mol. The Balaban J connectivity index is 2.08. The minimum absolute atomic E-state index is 0.124. The molecule has 0 amide bonds. The Morgan fingerprint density at radius 1 is 0.889 bits per heavy atom. The Bertz CT molecular complexity index is 516. The molecule has 0 spiro atoms. The molecule has 0 aliphatic rings. The van der Waals surface area contributed by atoms with Crippen LogP contribution in [0.2, 0.25) is 0 Å². The van der Waals surface area contributed by atoms with Gasteiger partial charge in [-0.05, 0) is 25.5 Å². The molecule has 0 aliphatic heterocycles. The van der Waals surface area contributed by atoms with Gasteiger partial charge in [0, 0.05) is 11.2 Å². The van der Waals surface area contributed by atoms with Gasteiger partial charge in [0.05, 0.1) is 6.61 Å². The molecule has 154 valence electrons. The van der Waals surface area contributed by atoms with Gasteiger partial charge in [0.15, 0.2) is 0 Å². The molecule has 0 aromatic heterocycles. The first kappa shape index (κ1) is 24.1. The van der Waals surface area contributed by atoms with E-state index < -0.39 is 8.03 Å². The topological polar surface area (TPSA) is 43.4 Å². The molecular formula is C23H39O3P. The molecule has 0 bridgehead atoms. The van der Waals surface area contributed by atoms with Crippen molar-refractivity contribution in [1.29, 1.82) is 0 Å². The zero-order valence-corrected chi connectivity index (χ0v) is 18.4. The SMILES string of the molecule is CCCCCCCCCCCCCC(CO[PH](=O)c1ccccc1)C(C)=O. The molecule has 1 aromatic rings. The number of ketones is 1. The van der Waals surface area contributed by atoms with E-state index in [0.29, 0.717) is 0 Å². The van der Waals surface area contributed by atoms with E-state index in [2.05, 4.69) is 6.92 Å². The van der Waals surface area contributed by atoms with E-state index in [-0.39, 0.29) is 18.3 Å². The zero-order chi connectivity index (χ0) is 19.7. The van der Waals surface area contributed by atoms with Crippen LogP contribution in [0.15, 0.2) is 30.3 Å². The highest BCUT2D eigenvalue weighted by Crippen LogP contribution is 2.24. The van der Waals surface area contributed by atoms with Crippen molar-refractivity contribution in [2.24, 2.45) is 5.92 Å². The smallest absolute Gasteiger partial charge is 0.220 e. The molecule has 0 saturated carbocycles. The first-order chi connectivity index (χ1) is 13.1. The van der Waals surface area contributed by atoms with E-state index >= 15 is 0 Å². The summed E-state index contributed by atoms with van der Waals surface area (Å²) >= 11 is 0. The van der Waals surface area contributed by atoms with Gasteiger partial charge in [0.2, 0.25) is 8.03 Å². The van der Waals surface area contributed by atoms with Crippen molar-refractivity contribution in [1.82, 2.24) is 0 Å². The average Bonchev–Trinajstić information content (AvgIpc) is 2.68. The predicted octanol–water partition coefficient (Wildman–Crippen LogP) is 6.71. The van der Waals surface area contributed by atoms with E-state index in [1.54, 1.807) is 6.92 Å². The highest BCUT2D eigenvalue weighted by molar-refractivity contribution is 7.48. The van der Waals surface area contributed by atoms with Crippen LogP contribution in [0.5, 0.6) is 0 Å². The van der Waals surface area contributed by atoms with Crippen molar-refractivity contribution in [2.45, 2.75) is 90.9 Å². The Morgan fingerprint density at radius 2 is 1.41 bits per heavy atom. The largest absolute Gasteiger partial charge is 0.327 e. The second-order valence-electron chi connectivity index (χ2n) is 7.60. The van der Waals surface area contributed by atoms with E-state index in [1.165, 1.54) is 64.2 Å². The number of Topliss-reactive ketones (excluding diaryl/α,β-unsaturated/α-hetero) is 1. The van der Waals surface area contributed by atoms with E-state index in [0.717, 1.165) is 18.1 Å². The minimum atomic E-state index is -2.25. The maximum absolute atomic E-state index is 12.2. The number of rotatable bonds is 17. The van der Waals surface area contributed by atoms with Gasteiger partial charge in [-0.25, -0.2) is 0 Å². The average molecular weight is 395 g/mol. The number of unbranched alkanes of at least 4 members (excludes halogenated alkanes) is 10. The van der Waals surface area contributed by atoms with Crippen LogP contribution in [0, 0.1) is 5.92 Å². The molecule has 0 radical (unpaired) electrons. The summed E-state index contributed by atoms with van der Waals surface area (Å²) in [4.78, 5) is 11.8. The fourth-order valence-electron chi connectivity index (χ4n) is 3.29. The van der Waals surface area contributed by atoms with Crippen molar-refractivity contribution in [2.75, 3.05) is 6.61 Å². The van der Waals surface area contributed by atoms with Gasteiger partial charge in [-0.15, -0.1) is 0 Å². The first-order valence-corrected chi connectivity index (χ1v) is 12.2. The van der Waals surface area contributed by atoms with Crippen molar-refractivity contribution in [3.8, 4) is 0 Å². The lowest BCUT2D eigenvalue weighted by atomic mass is 9.97. The summed E-state index contributed by atoms with van der Waals surface area (Å²) in [5.74, 6) is 0.0196. The van der Waals surface area contributed by atoms with Gasteiger partial charge in [0.1, 0.15) is 5.78 Å². The zero-order valence-electron chi connectivity index (χ0n) is 17.4. The molecule has 0 saturated heterocycles. The van der Waals surface area contributed by atoms with Crippen LogP contribution in [0.25, 0.3) is 0 Å². The van der Waals surface area contributed by atoms with Gasteiger partial charge in [-0.3, -0.25) is 9.36 Å². The van der Waals surface area contributed by atoms with Crippen molar-refractivity contribution in [3.63, 3.8) is 0 Å². The molecule has 1 rings (SSSR count). The fraction of sp³-hybridized carbons (Fsp3) is 0.696. The van der Waals surface area contributed by atoms with E-state index in [4.69, 9.17) is 4.52 Å². The van der Waals surface area contributed by atoms with Crippen molar-refractivity contribution >= 4 is 19.1 Å². The molecule has 0 aliphatic carbocycles. The van der Waals surface area contributed by atoms with E-state index in [9.17, 15) is 9.36 Å². The van der Waals surface area contributed by atoms with Gasteiger partial charge < -0.3 is 4.52 Å². The first-order valence-electron chi connectivity index (χ1n) is 10.9. The normalized spacial score (nSPS) is 13.4. The predicted molar refractivity (Wildman–Crippen MR) is 116 cm³/mol. The third kappa shape index (κ3) is 12.2. The van der Waals surface area contributed by atoms with Crippen LogP contribution in [-0.4, -0.2) is 12.4 Å². The molecule has 2 atom stereocenters. The number of benzene rings is 1. The molecule has 27 heavy (non-hydrogen) atoms. The van der Waals surface area contributed by atoms with Gasteiger partial charge in [-0.1, -0.05) is 95.8 Å². The Hall–Kier alpha value is -0.920. The number of carbonyl (C=O) groups is 1. The lowest BCUT2D eigenvalue weighted by Crippen LogP contribution is -2.17. The van der Waals surface area contributed by atoms with Crippen LogP contribution in [0.4, 0.5) is 0 Å². The second kappa shape index (κ2) is 16.1. The van der Waals surface area contributed by atoms with Crippen LogP contribution < -0.4 is 5.30 Å². The van der Waals surface area contributed by atoms with Crippen LogP contribution in [0.3, 0.4) is 0 Å². The summed E-state index contributed by atoms with van der Waals surface area (Å²) < 4.78 is 17.7. The number of hydrogen-bond acceptors (Lipinski definition) is 3. The number of hydrogen-bond donors (Lipinski definition) is 0. The summed E-state index contributed by atoms with van der Waals surface area (Å²) in [6.07, 6.45) is 15.2. The summed E-state index contributed by atoms with van der Waals surface area (Å²) in [6.45, 7) is 4.15. The fourth-order valence-corrected chi connectivity index (χ4v) is 4.28. The molecule has 0 N–H and O–H groups in total. The third-order valence-electron chi connectivity index (χ3n) is 5.16. The van der Waals surface area contributed by atoms with Crippen molar-refractivity contribution in [3.05, 3.63) is 30.3 Å². The second-order valence-corrected chi connectivity index (χ2v) is 9.04. The van der Waals surface area contributed by atoms with Crippen LogP contribution in [0.1, 0.15) is 90.9 Å². The summed E-state index contributed by atoms with van der Waals surface area (Å²) in [5.41, 5.74) is 0. The van der Waals surface area contributed by atoms with Crippen LogP contribution >= 0.6 is 8.03 Å². The van der Waals surface area contributed by atoms with E-state index in [1.807, 2.05) is 30.3 Å². The number of carbonyl (C=O) groups excluding carboxylic acids is 1. The monoisotopic (exact) mass is 394 g/mol. The highest BCUT2D eigenvalue weighted by Gasteiger charge is 2.16. The lowest BCUT2D eigenvalue weighted by molar-refractivity contribution is -0.121. The molecule has 1 aromatic carbocycles. The van der Waals surface area contributed by atoms with Gasteiger partial charge in [0.25, 0.3) is 0 Å². The lowest BCUT2D eigenvalue weighted by Gasteiger charge is -2.14. The maximum atomic E-state index is 12.2. The molecule has 0 heterocycles. The molecule has 0 fully saturated rings. The van der Waals surface area contributed by atoms with Crippen molar-refractivity contribution < 1.29 is 13.9 Å². The summed E-state index contributed by atoms with van der Waals surface area (Å²) in [7, 11) is -2.25. The highest BCUT2D eigenvalue weighted by atomic mass is 31.1. The molecule has 4 heteroatoms. The molecule has 3 nitrogen and oxygen atoms in total. The third-order valence-corrected chi connectivity index (χ3v) is 6.39. The Morgan fingerprint density at radius 3 is 1.93 bits per heavy atom. The minimum Gasteiger partial charge on any atom is -0.327 e. The Labute approximate surface area is 167 Å². The summed E-state index contributed by atoms with van der Waals surface area (Å²) in [5, 5.41) is 0.722. The molecule has 2 unspecified atom stereocenters. The maximum Gasteiger partial charge on any atom is 0.220 e. The van der Waals surface area contributed by atoms with Gasteiger partial charge in [-0.2, -0.15) is 0 Å². The summed E-state index contributed by atoms with van der Waals surface area (Å²) in [6, 6.07) is 9.23.